The number of nitrogens with one attached hydrogen (secondary N) is 1. The molecule has 3 aromatic rings. The number of nitrogens with zero attached hydrogens (tertiary/aromatic N) is 1. The van der Waals surface area contributed by atoms with E-state index in [4.69, 9.17) is 11.6 Å². The summed E-state index contributed by atoms with van der Waals surface area (Å²) in [7, 11) is 0. The lowest BCUT2D eigenvalue weighted by molar-refractivity contribution is -0.139. The second-order valence-electron chi connectivity index (χ2n) is 7.35. The summed E-state index contributed by atoms with van der Waals surface area (Å²) >= 11 is 7.41. The van der Waals surface area contributed by atoms with Crippen LogP contribution in [0.15, 0.2) is 89.8 Å². The summed E-state index contributed by atoms with van der Waals surface area (Å²) in [5.41, 5.74) is 2.00. The Morgan fingerprint density at radius 3 is 2.09 bits per heavy atom. The number of hydrogen-bond acceptors (Lipinski definition) is 3. The molecular formula is C26H27ClN2O2S. The standard InChI is InChI=1S/C26H27ClN2O2S/c1-2-28-26(31)24(17-20-9-5-3-6-10-20)29(18-21-11-7-4-8-12-21)25(30)19-32-23-15-13-22(27)14-16-23/h3-16,24H,2,17-19H2,1H3,(H,28,31)/t24-/m1/s1. The van der Waals surface area contributed by atoms with Gasteiger partial charge in [-0.2, -0.15) is 0 Å². The third-order valence-corrected chi connectivity index (χ3v) is 6.24. The zero-order chi connectivity index (χ0) is 22.8. The van der Waals surface area contributed by atoms with Gasteiger partial charge in [0, 0.05) is 29.4 Å². The Balaban J connectivity index is 1.85. The molecule has 1 atom stereocenters. The van der Waals surface area contributed by atoms with Crippen LogP contribution in [0.4, 0.5) is 0 Å². The first-order chi connectivity index (χ1) is 15.6. The van der Waals surface area contributed by atoms with Gasteiger partial charge in [0.05, 0.1) is 5.75 Å². The maximum Gasteiger partial charge on any atom is 0.243 e. The summed E-state index contributed by atoms with van der Waals surface area (Å²) in [5, 5.41) is 3.57. The minimum Gasteiger partial charge on any atom is -0.355 e. The largest absolute Gasteiger partial charge is 0.355 e. The van der Waals surface area contributed by atoms with Gasteiger partial charge in [0.2, 0.25) is 11.8 Å². The van der Waals surface area contributed by atoms with Crippen LogP contribution in [0.3, 0.4) is 0 Å². The molecule has 0 aromatic heterocycles. The lowest BCUT2D eigenvalue weighted by Gasteiger charge is -2.31. The van der Waals surface area contributed by atoms with E-state index < -0.39 is 6.04 Å². The van der Waals surface area contributed by atoms with Crippen molar-refractivity contribution in [1.82, 2.24) is 10.2 Å². The fraction of sp³-hybridized carbons (Fsp3) is 0.231. The van der Waals surface area contributed by atoms with Crippen LogP contribution in [-0.4, -0.2) is 35.1 Å². The lowest BCUT2D eigenvalue weighted by Crippen LogP contribution is -2.51. The van der Waals surface area contributed by atoms with Crippen molar-refractivity contribution in [2.75, 3.05) is 12.3 Å². The molecule has 0 bridgehead atoms. The van der Waals surface area contributed by atoms with Crippen molar-refractivity contribution in [2.45, 2.75) is 30.8 Å². The van der Waals surface area contributed by atoms with E-state index in [2.05, 4.69) is 5.32 Å². The first-order valence-corrected chi connectivity index (χ1v) is 12.0. The number of carbonyl (C=O) groups excluding carboxylic acids is 2. The normalized spacial score (nSPS) is 11.6. The number of benzene rings is 3. The van der Waals surface area contributed by atoms with Gasteiger partial charge < -0.3 is 10.2 Å². The van der Waals surface area contributed by atoms with Crippen molar-refractivity contribution in [3.63, 3.8) is 0 Å². The smallest absolute Gasteiger partial charge is 0.243 e. The van der Waals surface area contributed by atoms with Gasteiger partial charge >= 0.3 is 0 Å². The molecule has 0 aliphatic carbocycles. The van der Waals surface area contributed by atoms with Crippen LogP contribution in [0.1, 0.15) is 18.1 Å². The highest BCUT2D eigenvalue weighted by Crippen LogP contribution is 2.22. The average Bonchev–Trinajstić information content (AvgIpc) is 2.82. The molecule has 0 saturated heterocycles. The van der Waals surface area contributed by atoms with E-state index in [9.17, 15) is 9.59 Å². The third kappa shape index (κ3) is 7.14. The highest BCUT2D eigenvalue weighted by molar-refractivity contribution is 8.00. The summed E-state index contributed by atoms with van der Waals surface area (Å²) in [5.74, 6) is 0.0113. The molecule has 3 rings (SSSR count). The summed E-state index contributed by atoms with van der Waals surface area (Å²) in [6, 6.07) is 26.4. The van der Waals surface area contributed by atoms with Gasteiger partial charge in [-0.15, -0.1) is 11.8 Å². The van der Waals surface area contributed by atoms with E-state index in [1.54, 1.807) is 4.90 Å². The molecule has 3 aromatic carbocycles. The number of thioether (sulfide) groups is 1. The molecule has 0 aliphatic heterocycles. The lowest BCUT2D eigenvalue weighted by atomic mass is 10.0. The Morgan fingerprint density at radius 2 is 1.50 bits per heavy atom. The summed E-state index contributed by atoms with van der Waals surface area (Å²) < 4.78 is 0. The molecule has 0 aliphatic rings. The van der Waals surface area contributed by atoms with Gasteiger partial charge in [0.25, 0.3) is 0 Å². The molecule has 0 unspecified atom stereocenters. The number of halogens is 1. The van der Waals surface area contributed by atoms with Gasteiger partial charge in [0.15, 0.2) is 0 Å². The Kier molecular flexibility index (Phi) is 9.20. The maximum absolute atomic E-state index is 13.4. The van der Waals surface area contributed by atoms with Crippen LogP contribution >= 0.6 is 23.4 Å². The van der Waals surface area contributed by atoms with E-state index >= 15 is 0 Å². The molecule has 6 heteroatoms. The van der Waals surface area contributed by atoms with Crippen LogP contribution in [0.2, 0.25) is 5.02 Å². The van der Waals surface area contributed by atoms with E-state index in [1.807, 2.05) is 91.9 Å². The zero-order valence-electron chi connectivity index (χ0n) is 18.0. The number of amides is 2. The van der Waals surface area contributed by atoms with Crippen molar-refractivity contribution in [1.29, 1.82) is 0 Å². The fourth-order valence-electron chi connectivity index (χ4n) is 3.38. The topological polar surface area (TPSA) is 49.4 Å². The van der Waals surface area contributed by atoms with Crippen molar-refractivity contribution >= 4 is 35.2 Å². The first kappa shape index (κ1) is 23.9. The zero-order valence-corrected chi connectivity index (χ0v) is 19.6. The minimum atomic E-state index is -0.601. The summed E-state index contributed by atoms with van der Waals surface area (Å²) in [4.78, 5) is 29.2. The molecule has 0 fully saturated rings. The van der Waals surface area contributed by atoms with Crippen molar-refractivity contribution in [3.05, 3.63) is 101 Å². The van der Waals surface area contributed by atoms with Crippen molar-refractivity contribution in [2.24, 2.45) is 0 Å². The molecule has 0 spiro atoms. The molecule has 166 valence electrons. The Bertz CT molecular complexity index is 997. The maximum atomic E-state index is 13.4. The van der Waals surface area contributed by atoms with E-state index in [1.165, 1.54) is 11.8 Å². The molecular weight excluding hydrogens is 440 g/mol. The average molecular weight is 467 g/mol. The third-order valence-electron chi connectivity index (χ3n) is 4.99. The van der Waals surface area contributed by atoms with Gasteiger partial charge in [-0.3, -0.25) is 9.59 Å². The summed E-state index contributed by atoms with van der Waals surface area (Å²) in [6.45, 7) is 2.77. The second-order valence-corrected chi connectivity index (χ2v) is 8.84. The van der Waals surface area contributed by atoms with Crippen LogP contribution in [-0.2, 0) is 22.6 Å². The van der Waals surface area contributed by atoms with Crippen LogP contribution in [0.5, 0.6) is 0 Å². The van der Waals surface area contributed by atoms with Crippen molar-refractivity contribution < 1.29 is 9.59 Å². The predicted molar refractivity (Wildman–Crippen MR) is 132 cm³/mol. The molecule has 0 saturated carbocycles. The van der Waals surface area contributed by atoms with Gasteiger partial charge in [-0.1, -0.05) is 72.3 Å². The quantitative estimate of drug-likeness (QED) is 0.417. The second kappa shape index (κ2) is 12.3. The molecule has 0 radical (unpaired) electrons. The highest BCUT2D eigenvalue weighted by atomic mass is 35.5. The monoisotopic (exact) mass is 466 g/mol. The minimum absolute atomic E-state index is 0.0824. The van der Waals surface area contributed by atoms with Gasteiger partial charge in [-0.25, -0.2) is 0 Å². The Hall–Kier alpha value is -2.76. The SMILES string of the molecule is CCNC(=O)[C@@H](Cc1ccccc1)N(Cc1ccccc1)C(=O)CSc1ccc(Cl)cc1. The summed E-state index contributed by atoms with van der Waals surface area (Å²) in [6.07, 6.45) is 0.455. The Labute approximate surface area is 199 Å². The van der Waals surface area contributed by atoms with Crippen LogP contribution in [0, 0.1) is 0 Å². The first-order valence-electron chi connectivity index (χ1n) is 10.6. The number of rotatable bonds is 10. The number of carbonyl (C=O) groups is 2. The van der Waals surface area contributed by atoms with Gasteiger partial charge in [-0.05, 0) is 42.3 Å². The van der Waals surface area contributed by atoms with Crippen LogP contribution in [0.25, 0.3) is 0 Å². The van der Waals surface area contributed by atoms with Crippen molar-refractivity contribution in [3.8, 4) is 0 Å². The number of likely N-dealkylation sites (N-methyl/N-ethyl adjacent to an activating group) is 1. The molecule has 4 nitrogen and oxygen atoms in total. The Morgan fingerprint density at radius 1 is 0.906 bits per heavy atom. The highest BCUT2D eigenvalue weighted by Gasteiger charge is 2.30. The predicted octanol–water partition coefficient (Wildman–Crippen LogP) is 5.21. The van der Waals surface area contributed by atoms with Crippen LogP contribution < -0.4 is 5.32 Å². The van der Waals surface area contributed by atoms with E-state index in [0.717, 1.165) is 16.0 Å². The van der Waals surface area contributed by atoms with E-state index in [0.29, 0.717) is 24.5 Å². The fourth-order valence-corrected chi connectivity index (χ4v) is 4.30. The molecule has 32 heavy (non-hydrogen) atoms. The molecule has 2 amide bonds. The molecule has 1 N–H and O–H groups in total. The van der Waals surface area contributed by atoms with E-state index in [-0.39, 0.29) is 17.6 Å². The molecule has 0 heterocycles. The van der Waals surface area contributed by atoms with Gasteiger partial charge in [0.1, 0.15) is 6.04 Å². The number of hydrogen-bond donors (Lipinski definition) is 1.